The van der Waals surface area contributed by atoms with Gasteiger partial charge in [-0.3, -0.25) is 9.59 Å². The van der Waals surface area contributed by atoms with Crippen LogP contribution in [0.2, 0.25) is 0 Å². The van der Waals surface area contributed by atoms with Crippen LogP contribution in [0.3, 0.4) is 0 Å². The number of aliphatic hydroxyl groups is 1. The van der Waals surface area contributed by atoms with Crippen molar-refractivity contribution in [1.29, 1.82) is 0 Å². The molecule has 1 fully saturated rings. The molecular weight excluding hydrogens is 436 g/mol. The second kappa shape index (κ2) is 10.6. The van der Waals surface area contributed by atoms with Crippen LogP contribution in [0, 0.1) is 0 Å². The first-order valence-corrected chi connectivity index (χ1v) is 11.1. The fraction of sp³-hybridized carbons (Fsp3) is 0.385. The number of rotatable bonds is 9. The second-order valence-corrected chi connectivity index (χ2v) is 8.57. The number of ether oxygens (including phenoxy) is 3. The summed E-state index contributed by atoms with van der Waals surface area (Å²) in [5, 5.41) is 11.3. The molecule has 8 heteroatoms. The normalized spacial score (nSPS) is 17.5. The molecule has 34 heavy (non-hydrogen) atoms. The van der Waals surface area contributed by atoms with Crippen LogP contribution in [-0.2, 0) is 9.59 Å². The van der Waals surface area contributed by atoms with Gasteiger partial charge in [-0.25, -0.2) is 0 Å². The van der Waals surface area contributed by atoms with Gasteiger partial charge in [0.1, 0.15) is 11.5 Å². The predicted octanol–water partition coefficient (Wildman–Crippen LogP) is 3.47. The third kappa shape index (κ3) is 5.02. The van der Waals surface area contributed by atoms with Gasteiger partial charge in [0.2, 0.25) is 0 Å². The highest BCUT2D eigenvalue weighted by Crippen LogP contribution is 2.45. The smallest absolute Gasteiger partial charge is 0.295 e. The van der Waals surface area contributed by atoms with Crippen LogP contribution in [0.5, 0.6) is 17.2 Å². The molecule has 0 saturated carbocycles. The van der Waals surface area contributed by atoms with E-state index in [4.69, 9.17) is 14.2 Å². The second-order valence-electron chi connectivity index (χ2n) is 8.57. The van der Waals surface area contributed by atoms with Gasteiger partial charge in [-0.2, -0.15) is 0 Å². The van der Waals surface area contributed by atoms with Crippen molar-refractivity contribution in [3.8, 4) is 17.2 Å². The molecule has 1 aliphatic rings. The van der Waals surface area contributed by atoms with Crippen molar-refractivity contribution in [2.24, 2.45) is 0 Å². The zero-order valence-electron chi connectivity index (χ0n) is 20.5. The van der Waals surface area contributed by atoms with E-state index in [1.54, 1.807) is 42.5 Å². The van der Waals surface area contributed by atoms with Crippen molar-refractivity contribution in [3.63, 3.8) is 0 Å². The summed E-state index contributed by atoms with van der Waals surface area (Å²) in [4.78, 5) is 29.7. The van der Waals surface area contributed by atoms with Crippen LogP contribution in [0.4, 0.5) is 0 Å². The lowest BCUT2D eigenvalue weighted by Crippen LogP contribution is -2.35. The number of benzene rings is 2. The molecule has 8 nitrogen and oxygen atoms in total. The van der Waals surface area contributed by atoms with Crippen molar-refractivity contribution in [2.45, 2.75) is 26.0 Å². The summed E-state index contributed by atoms with van der Waals surface area (Å²) in [7, 11) is 6.79. The standard InChI is InChI=1S/C26H32N2O6/c1-16(2)34-18-12-10-17(11-13-18)23(29)21-22(19-8-7-9-20(32-5)25(19)33-6)28(15-14-27(3)4)26(31)24(21)30/h7-13,16,22,29H,14-15H2,1-6H3/b23-21+/t22-/m0/s1. The van der Waals surface area contributed by atoms with E-state index in [1.165, 1.54) is 19.1 Å². The number of nitrogens with zero attached hydrogens (tertiary/aromatic N) is 2. The van der Waals surface area contributed by atoms with E-state index in [1.807, 2.05) is 32.8 Å². The first kappa shape index (κ1) is 25.1. The number of hydrogen-bond acceptors (Lipinski definition) is 7. The molecule has 1 saturated heterocycles. The molecule has 182 valence electrons. The van der Waals surface area contributed by atoms with Gasteiger partial charge in [-0.05, 0) is 58.3 Å². The number of ketones is 1. The largest absolute Gasteiger partial charge is 0.507 e. The van der Waals surface area contributed by atoms with Crippen LogP contribution >= 0.6 is 0 Å². The Morgan fingerprint density at radius 1 is 1.06 bits per heavy atom. The van der Waals surface area contributed by atoms with Gasteiger partial charge >= 0.3 is 0 Å². The topological polar surface area (TPSA) is 88.5 Å². The summed E-state index contributed by atoms with van der Waals surface area (Å²) in [5.41, 5.74) is 0.975. The zero-order chi connectivity index (χ0) is 25.0. The molecule has 1 amide bonds. The Balaban J connectivity index is 2.17. The van der Waals surface area contributed by atoms with E-state index in [-0.39, 0.29) is 17.4 Å². The van der Waals surface area contributed by atoms with Crippen molar-refractivity contribution < 1.29 is 28.9 Å². The van der Waals surface area contributed by atoms with Crippen LogP contribution in [0.1, 0.15) is 31.0 Å². The number of amides is 1. The Morgan fingerprint density at radius 2 is 1.74 bits per heavy atom. The lowest BCUT2D eigenvalue weighted by molar-refractivity contribution is -0.140. The predicted molar refractivity (Wildman–Crippen MR) is 129 cm³/mol. The fourth-order valence-corrected chi connectivity index (χ4v) is 3.99. The number of likely N-dealkylation sites (tertiary alicyclic amines) is 1. The molecule has 1 heterocycles. The van der Waals surface area contributed by atoms with Gasteiger partial charge in [0.15, 0.2) is 11.5 Å². The maximum Gasteiger partial charge on any atom is 0.295 e. The number of carbonyl (C=O) groups is 2. The molecule has 0 unspecified atom stereocenters. The molecule has 1 atom stereocenters. The Hall–Kier alpha value is -3.52. The third-order valence-electron chi connectivity index (χ3n) is 5.56. The maximum absolute atomic E-state index is 13.2. The molecule has 0 aromatic heterocycles. The molecule has 1 N–H and O–H groups in total. The van der Waals surface area contributed by atoms with Gasteiger partial charge in [-0.1, -0.05) is 12.1 Å². The van der Waals surface area contributed by atoms with E-state index < -0.39 is 17.7 Å². The summed E-state index contributed by atoms with van der Waals surface area (Å²) in [6, 6.07) is 11.2. The van der Waals surface area contributed by atoms with Gasteiger partial charge in [0, 0.05) is 24.2 Å². The van der Waals surface area contributed by atoms with Crippen LogP contribution in [0.25, 0.3) is 5.76 Å². The number of para-hydroxylation sites is 1. The van der Waals surface area contributed by atoms with Crippen molar-refractivity contribution in [2.75, 3.05) is 41.4 Å². The van der Waals surface area contributed by atoms with E-state index in [0.29, 0.717) is 41.5 Å². The molecule has 0 spiro atoms. The Labute approximate surface area is 200 Å². The highest BCUT2D eigenvalue weighted by Gasteiger charge is 2.47. The summed E-state index contributed by atoms with van der Waals surface area (Å²) in [6.45, 7) is 4.67. The monoisotopic (exact) mass is 468 g/mol. The van der Waals surface area contributed by atoms with Gasteiger partial charge in [0.05, 0.1) is 31.9 Å². The number of Topliss-reactive ketones (excluding diaryl/α,β-unsaturated/α-hetero) is 1. The molecule has 0 bridgehead atoms. The first-order valence-electron chi connectivity index (χ1n) is 11.1. The fourth-order valence-electron chi connectivity index (χ4n) is 3.99. The van der Waals surface area contributed by atoms with Crippen molar-refractivity contribution in [1.82, 2.24) is 9.80 Å². The Kier molecular flexibility index (Phi) is 7.83. The van der Waals surface area contributed by atoms with E-state index in [0.717, 1.165) is 0 Å². The zero-order valence-corrected chi connectivity index (χ0v) is 20.5. The van der Waals surface area contributed by atoms with Gasteiger partial charge < -0.3 is 29.1 Å². The summed E-state index contributed by atoms with van der Waals surface area (Å²) >= 11 is 0. The molecule has 0 aliphatic carbocycles. The van der Waals surface area contributed by atoms with Crippen LogP contribution in [0.15, 0.2) is 48.0 Å². The Morgan fingerprint density at radius 3 is 2.29 bits per heavy atom. The highest BCUT2D eigenvalue weighted by molar-refractivity contribution is 6.46. The molecular formula is C26H32N2O6. The number of carbonyl (C=O) groups excluding carboxylic acids is 2. The molecule has 1 aliphatic heterocycles. The molecule has 0 radical (unpaired) electrons. The van der Waals surface area contributed by atoms with Gasteiger partial charge in [-0.15, -0.1) is 0 Å². The average Bonchev–Trinajstić information content (AvgIpc) is 3.06. The SMILES string of the molecule is COc1cccc([C@H]2/C(=C(\O)c3ccc(OC(C)C)cc3)C(=O)C(=O)N2CCN(C)C)c1OC. The highest BCUT2D eigenvalue weighted by atomic mass is 16.5. The van der Waals surface area contributed by atoms with Crippen molar-refractivity contribution in [3.05, 3.63) is 59.2 Å². The average molecular weight is 469 g/mol. The van der Waals surface area contributed by atoms with E-state index in [2.05, 4.69) is 0 Å². The number of likely N-dealkylation sites (N-methyl/N-ethyl adjacent to an activating group) is 1. The third-order valence-corrected chi connectivity index (χ3v) is 5.56. The summed E-state index contributed by atoms with van der Waals surface area (Å²) < 4.78 is 16.7. The van der Waals surface area contributed by atoms with Crippen LogP contribution in [-0.4, -0.2) is 74.1 Å². The van der Waals surface area contributed by atoms with E-state index >= 15 is 0 Å². The summed E-state index contributed by atoms with van der Waals surface area (Å²) in [5.74, 6) is -0.154. The number of aliphatic hydroxyl groups excluding tert-OH is 1. The minimum Gasteiger partial charge on any atom is -0.507 e. The molecule has 2 aromatic rings. The molecule has 2 aromatic carbocycles. The maximum atomic E-state index is 13.2. The minimum absolute atomic E-state index is 0.00185. The quantitative estimate of drug-likeness (QED) is 0.342. The number of hydrogen-bond donors (Lipinski definition) is 1. The number of methoxy groups -OCH3 is 2. The van der Waals surface area contributed by atoms with Crippen molar-refractivity contribution >= 4 is 17.4 Å². The minimum atomic E-state index is -0.836. The first-order chi connectivity index (χ1) is 16.2. The lowest BCUT2D eigenvalue weighted by Gasteiger charge is -2.28. The summed E-state index contributed by atoms with van der Waals surface area (Å²) in [6.07, 6.45) is 0.00185. The van der Waals surface area contributed by atoms with E-state index in [9.17, 15) is 14.7 Å². The lowest BCUT2D eigenvalue weighted by atomic mass is 9.94. The van der Waals surface area contributed by atoms with Crippen LogP contribution < -0.4 is 14.2 Å². The Bertz CT molecular complexity index is 1080. The molecule has 3 rings (SSSR count). The van der Waals surface area contributed by atoms with Gasteiger partial charge in [0.25, 0.3) is 11.7 Å².